The van der Waals surface area contributed by atoms with Crippen molar-refractivity contribution < 1.29 is 9.53 Å². The van der Waals surface area contributed by atoms with Crippen molar-refractivity contribution in [3.05, 3.63) is 24.3 Å². The van der Waals surface area contributed by atoms with Gasteiger partial charge in [-0.15, -0.1) is 0 Å². The van der Waals surface area contributed by atoms with Gasteiger partial charge in [0.2, 0.25) is 0 Å². The zero-order chi connectivity index (χ0) is 14.3. The maximum atomic E-state index is 11.9. The molecule has 0 aliphatic carbocycles. The number of benzene rings is 1. The number of nitrogens with two attached hydrogens (primary N) is 1. The zero-order valence-corrected chi connectivity index (χ0v) is 12.1. The molecule has 106 valence electrons. The molecule has 0 spiro atoms. The quantitative estimate of drug-likeness (QED) is 0.608. The van der Waals surface area contributed by atoms with Gasteiger partial charge in [0.1, 0.15) is 6.61 Å². The molecule has 0 atom stereocenters. The van der Waals surface area contributed by atoms with Crippen molar-refractivity contribution in [1.82, 2.24) is 0 Å². The van der Waals surface area contributed by atoms with Crippen LogP contribution in [-0.2, 0) is 9.53 Å². The van der Waals surface area contributed by atoms with Gasteiger partial charge in [-0.1, -0.05) is 13.8 Å². The Bertz CT molecular complexity index is 388. The van der Waals surface area contributed by atoms with Gasteiger partial charge in [-0.2, -0.15) is 0 Å². The highest BCUT2D eigenvalue weighted by atomic mass is 16.5. The average molecular weight is 264 g/mol. The van der Waals surface area contributed by atoms with E-state index in [2.05, 4.69) is 13.8 Å². The fraction of sp³-hybridized carbons (Fsp3) is 0.533. The highest BCUT2D eigenvalue weighted by Gasteiger charge is 2.10. The Labute approximate surface area is 115 Å². The number of carbonyl (C=O) groups excluding carboxylic acids is 1. The van der Waals surface area contributed by atoms with Crippen molar-refractivity contribution in [2.24, 2.45) is 5.92 Å². The Morgan fingerprint density at radius 3 is 2.53 bits per heavy atom. The molecule has 0 saturated heterocycles. The molecule has 1 amide bonds. The summed E-state index contributed by atoms with van der Waals surface area (Å²) in [5, 5.41) is 0. The predicted molar refractivity (Wildman–Crippen MR) is 79.2 cm³/mol. The first-order valence-corrected chi connectivity index (χ1v) is 6.70. The second-order valence-corrected chi connectivity index (χ2v) is 5.13. The fourth-order valence-electron chi connectivity index (χ4n) is 1.69. The van der Waals surface area contributed by atoms with Crippen LogP contribution in [0.1, 0.15) is 26.7 Å². The van der Waals surface area contributed by atoms with E-state index in [-0.39, 0.29) is 12.5 Å². The third-order valence-electron chi connectivity index (χ3n) is 2.95. The first kappa shape index (κ1) is 15.5. The molecule has 19 heavy (non-hydrogen) atoms. The van der Waals surface area contributed by atoms with Gasteiger partial charge in [-0.3, -0.25) is 4.79 Å². The SMILES string of the molecule is CC(C)CCCOCC(=O)N(C)c1ccc(N)cc1. The Morgan fingerprint density at radius 1 is 1.32 bits per heavy atom. The number of ether oxygens (including phenoxy) is 1. The molecular formula is C15H24N2O2. The molecule has 0 radical (unpaired) electrons. The van der Waals surface area contributed by atoms with Crippen LogP contribution in [0.15, 0.2) is 24.3 Å². The van der Waals surface area contributed by atoms with E-state index in [0.29, 0.717) is 18.2 Å². The Balaban J connectivity index is 2.31. The van der Waals surface area contributed by atoms with Gasteiger partial charge in [0.15, 0.2) is 0 Å². The number of hydrogen-bond acceptors (Lipinski definition) is 3. The standard InChI is InChI=1S/C15H24N2O2/c1-12(2)5-4-10-19-11-15(18)17(3)14-8-6-13(16)7-9-14/h6-9,12H,4-5,10-11,16H2,1-3H3. The van der Waals surface area contributed by atoms with Crippen molar-refractivity contribution in [2.75, 3.05) is 30.9 Å². The molecule has 2 N–H and O–H groups in total. The van der Waals surface area contributed by atoms with Crippen molar-refractivity contribution in [1.29, 1.82) is 0 Å². The van der Waals surface area contributed by atoms with Crippen LogP contribution in [0, 0.1) is 5.92 Å². The third kappa shape index (κ3) is 5.75. The smallest absolute Gasteiger partial charge is 0.252 e. The monoisotopic (exact) mass is 264 g/mol. The molecule has 0 aliphatic heterocycles. The summed E-state index contributed by atoms with van der Waals surface area (Å²) in [5.41, 5.74) is 7.13. The summed E-state index contributed by atoms with van der Waals surface area (Å²) in [6, 6.07) is 7.21. The first-order chi connectivity index (χ1) is 9.00. The molecule has 0 bridgehead atoms. The predicted octanol–water partition coefficient (Wildman–Crippen LogP) is 2.68. The van der Waals surface area contributed by atoms with Crippen LogP contribution in [0.4, 0.5) is 11.4 Å². The molecule has 1 aromatic carbocycles. The molecule has 4 heteroatoms. The lowest BCUT2D eigenvalue weighted by molar-refractivity contribution is -0.122. The first-order valence-electron chi connectivity index (χ1n) is 6.70. The van der Waals surface area contributed by atoms with E-state index in [4.69, 9.17) is 10.5 Å². The summed E-state index contributed by atoms with van der Waals surface area (Å²) < 4.78 is 5.40. The number of carbonyl (C=O) groups is 1. The normalized spacial score (nSPS) is 10.7. The molecule has 0 unspecified atom stereocenters. The number of likely N-dealkylation sites (N-methyl/N-ethyl adjacent to an activating group) is 1. The number of anilines is 2. The van der Waals surface area contributed by atoms with Crippen molar-refractivity contribution in [2.45, 2.75) is 26.7 Å². The molecule has 1 aromatic rings. The fourth-order valence-corrected chi connectivity index (χ4v) is 1.69. The molecule has 0 heterocycles. The molecule has 0 aromatic heterocycles. The lowest BCUT2D eigenvalue weighted by Crippen LogP contribution is -2.30. The van der Waals surface area contributed by atoms with Crippen molar-refractivity contribution in [3.8, 4) is 0 Å². The minimum atomic E-state index is -0.0469. The van der Waals surface area contributed by atoms with E-state index in [0.717, 1.165) is 18.5 Å². The van der Waals surface area contributed by atoms with Crippen LogP contribution in [0.3, 0.4) is 0 Å². The summed E-state index contributed by atoms with van der Waals surface area (Å²) in [6.45, 7) is 5.12. The zero-order valence-electron chi connectivity index (χ0n) is 12.1. The van der Waals surface area contributed by atoms with Crippen LogP contribution in [0.2, 0.25) is 0 Å². The van der Waals surface area contributed by atoms with E-state index in [1.807, 2.05) is 12.1 Å². The van der Waals surface area contributed by atoms with Crippen LogP contribution in [-0.4, -0.2) is 26.2 Å². The summed E-state index contributed by atoms with van der Waals surface area (Å²) >= 11 is 0. The average Bonchev–Trinajstić information content (AvgIpc) is 2.37. The molecule has 1 rings (SSSR count). The number of nitrogen functional groups attached to an aromatic ring is 1. The van der Waals surface area contributed by atoms with Gasteiger partial charge in [-0.05, 0) is 43.0 Å². The van der Waals surface area contributed by atoms with Crippen molar-refractivity contribution >= 4 is 17.3 Å². The lowest BCUT2D eigenvalue weighted by Gasteiger charge is -2.17. The topological polar surface area (TPSA) is 55.6 Å². The molecule has 4 nitrogen and oxygen atoms in total. The van der Waals surface area contributed by atoms with Gasteiger partial charge in [0.05, 0.1) is 0 Å². The third-order valence-corrected chi connectivity index (χ3v) is 2.95. The minimum Gasteiger partial charge on any atom is -0.399 e. The summed E-state index contributed by atoms with van der Waals surface area (Å²) in [7, 11) is 1.74. The Hall–Kier alpha value is -1.55. The second-order valence-electron chi connectivity index (χ2n) is 5.13. The summed E-state index contributed by atoms with van der Waals surface area (Å²) in [6.07, 6.45) is 2.12. The van der Waals surface area contributed by atoms with Crippen LogP contribution >= 0.6 is 0 Å². The van der Waals surface area contributed by atoms with Gasteiger partial charge < -0.3 is 15.4 Å². The number of nitrogens with zero attached hydrogens (tertiary/aromatic N) is 1. The summed E-state index contributed by atoms with van der Waals surface area (Å²) in [4.78, 5) is 13.5. The minimum absolute atomic E-state index is 0.0469. The van der Waals surface area contributed by atoms with E-state index >= 15 is 0 Å². The maximum absolute atomic E-state index is 11.9. The Morgan fingerprint density at radius 2 is 1.95 bits per heavy atom. The highest BCUT2D eigenvalue weighted by molar-refractivity contribution is 5.93. The largest absolute Gasteiger partial charge is 0.399 e. The molecular weight excluding hydrogens is 240 g/mol. The number of rotatable bonds is 7. The maximum Gasteiger partial charge on any atom is 0.252 e. The van der Waals surface area contributed by atoms with E-state index in [1.54, 1.807) is 24.1 Å². The number of amides is 1. The molecule has 0 fully saturated rings. The Kier molecular flexibility index (Phi) is 6.36. The molecule has 0 saturated carbocycles. The van der Waals surface area contributed by atoms with Gasteiger partial charge >= 0.3 is 0 Å². The van der Waals surface area contributed by atoms with Crippen molar-refractivity contribution in [3.63, 3.8) is 0 Å². The highest BCUT2D eigenvalue weighted by Crippen LogP contribution is 2.14. The van der Waals surface area contributed by atoms with Gasteiger partial charge in [0, 0.05) is 25.0 Å². The van der Waals surface area contributed by atoms with Crippen LogP contribution in [0.25, 0.3) is 0 Å². The van der Waals surface area contributed by atoms with Gasteiger partial charge in [-0.25, -0.2) is 0 Å². The van der Waals surface area contributed by atoms with Gasteiger partial charge in [0.25, 0.3) is 5.91 Å². The lowest BCUT2D eigenvalue weighted by atomic mass is 10.1. The van der Waals surface area contributed by atoms with E-state index in [1.165, 1.54) is 0 Å². The van der Waals surface area contributed by atoms with E-state index < -0.39 is 0 Å². The van der Waals surface area contributed by atoms with Crippen LogP contribution in [0.5, 0.6) is 0 Å². The second kappa shape index (κ2) is 7.79. The number of hydrogen-bond donors (Lipinski definition) is 1. The summed E-state index contributed by atoms with van der Waals surface area (Å²) in [5.74, 6) is 0.631. The van der Waals surface area contributed by atoms with E-state index in [9.17, 15) is 4.79 Å². The molecule has 0 aliphatic rings. The van der Waals surface area contributed by atoms with Crippen LogP contribution < -0.4 is 10.6 Å².